The molecule has 1 fully saturated rings. The smallest absolute Gasteiger partial charge is 0.252 e. The van der Waals surface area contributed by atoms with Gasteiger partial charge in [0.1, 0.15) is 6.61 Å². The quantitative estimate of drug-likeness (QED) is 0.823. The fraction of sp³-hybridized carbons (Fsp3) is 0.562. The van der Waals surface area contributed by atoms with E-state index in [-0.39, 0.29) is 12.5 Å². The molecule has 0 atom stereocenters. The average Bonchev–Trinajstić information content (AvgIpc) is 2.88. The van der Waals surface area contributed by atoms with Crippen molar-refractivity contribution in [1.82, 2.24) is 5.32 Å². The van der Waals surface area contributed by atoms with Crippen molar-refractivity contribution in [2.45, 2.75) is 45.6 Å². The highest BCUT2D eigenvalue weighted by molar-refractivity contribution is 7.10. The number of aliphatic hydroxyl groups is 1. The van der Waals surface area contributed by atoms with Gasteiger partial charge in [0, 0.05) is 11.4 Å². The Morgan fingerprint density at radius 3 is 2.85 bits per heavy atom. The van der Waals surface area contributed by atoms with Crippen molar-refractivity contribution < 1.29 is 9.90 Å². The molecule has 0 bridgehead atoms. The van der Waals surface area contributed by atoms with Gasteiger partial charge in [0.25, 0.3) is 5.91 Å². The molecule has 0 aromatic carbocycles. The van der Waals surface area contributed by atoms with Crippen molar-refractivity contribution in [3.63, 3.8) is 0 Å². The summed E-state index contributed by atoms with van der Waals surface area (Å²) in [5.41, 5.74) is 1.08. The average molecular weight is 291 g/mol. The van der Waals surface area contributed by atoms with Gasteiger partial charge in [-0.1, -0.05) is 25.7 Å². The minimum Gasteiger partial charge on any atom is -0.384 e. The molecule has 1 aromatic heterocycles. The van der Waals surface area contributed by atoms with Crippen LogP contribution in [0.4, 0.5) is 0 Å². The van der Waals surface area contributed by atoms with Gasteiger partial charge in [-0.15, -0.1) is 11.3 Å². The Morgan fingerprint density at radius 1 is 1.50 bits per heavy atom. The van der Waals surface area contributed by atoms with E-state index in [0.29, 0.717) is 17.0 Å². The van der Waals surface area contributed by atoms with E-state index in [4.69, 9.17) is 5.11 Å². The highest BCUT2D eigenvalue weighted by atomic mass is 32.1. The normalized spacial score (nSPS) is 18.1. The minimum atomic E-state index is -0.155. The SMILES string of the molecule is CC1(C)CCC(NC(=O)c2csc(C#CCO)c2)CC1. The van der Waals surface area contributed by atoms with Crippen LogP contribution in [0.3, 0.4) is 0 Å². The second-order valence-electron chi connectivity index (χ2n) is 6.07. The standard InChI is InChI=1S/C16H21NO2S/c1-16(2)7-5-13(6-8-16)17-15(19)12-10-14(20-11-12)4-3-9-18/h10-11,13,18H,5-9H2,1-2H3,(H,17,19). The molecule has 2 rings (SSSR count). The Kier molecular flexibility index (Phi) is 4.85. The molecule has 3 nitrogen and oxygen atoms in total. The summed E-state index contributed by atoms with van der Waals surface area (Å²) in [6, 6.07) is 2.08. The first-order valence-electron chi connectivity index (χ1n) is 6.99. The molecule has 0 unspecified atom stereocenters. The Morgan fingerprint density at radius 2 is 2.20 bits per heavy atom. The van der Waals surface area contributed by atoms with Crippen molar-refractivity contribution in [1.29, 1.82) is 0 Å². The van der Waals surface area contributed by atoms with Gasteiger partial charge < -0.3 is 10.4 Å². The first-order valence-corrected chi connectivity index (χ1v) is 7.87. The van der Waals surface area contributed by atoms with Crippen molar-refractivity contribution in [3.8, 4) is 11.8 Å². The maximum Gasteiger partial charge on any atom is 0.252 e. The van der Waals surface area contributed by atoms with Crippen LogP contribution in [0.15, 0.2) is 11.4 Å². The van der Waals surface area contributed by atoms with Crippen molar-refractivity contribution in [2.75, 3.05) is 6.61 Å². The number of carbonyl (C=O) groups excluding carboxylic acids is 1. The number of rotatable bonds is 2. The van der Waals surface area contributed by atoms with Crippen LogP contribution in [0.1, 0.15) is 54.8 Å². The summed E-state index contributed by atoms with van der Waals surface area (Å²) in [5.74, 6) is 5.40. The summed E-state index contributed by atoms with van der Waals surface area (Å²) in [6.45, 7) is 4.42. The van der Waals surface area contributed by atoms with Crippen LogP contribution in [-0.4, -0.2) is 23.7 Å². The Bertz CT molecular complexity index is 526. The third kappa shape index (κ3) is 4.09. The van der Waals surface area contributed by atoms with Gasteiger partial charge in [0.05, 0.1) is 10.4 Å². The van der Waals surface area contributed by atoms with E-state index in [9.17, 15) is 4.79 Å². The van der Waals surface area contributed by atoms with Gasteiger partial charge in [-0.25, -0.2) is 0 Å². The predicted molar refractivity (Wildman–Crippen MR) is 81.8 cm³/mol. The van der Waals surface area contributed by atoms with Gasteiger partial charge in [-0.3, -0.25) is 4.79 Å². The number of aliphatic hydroxyl groups excluding tert-OH is 1. The lowest BCUT2D eigenvalue weighted by atomic mass is 9.75. The number of hydrogen-bond acceptors (Lipinski definition) is 3. The molecule has 4 heteroatoms. The zero-order valence-electron chi connectivity index (χ0n) is 12.0. The summed E-state index contributed by atoms with van der Waals surface area (Å²) in [5, 5.41) is 13.6. The van der Waals surface area contributed by atoms with E-state index >= 15 is 0 Å². The maximum atomic E-state index is 12.2. The molecule has 1 amide bonds. The fourth-order valence-corrected chi connectivity index (χ4v) is 3.21. The second kappa shape index (κ2) is 6.43. The van der Waals surface area contributed by atoms with Gasteiger partial charge in [0.2, 0.25) is 0 Å². The lowest BCUT2D eigenvalue weighted by Gasteiger charge is -2.34. The molecular weight excluding hydrogens is 270 g/mol. The molecule has 0 radical (unpaired) electrons. The Balaban J connectivity index is 1.90. The molecule has 1 aliphatic carbocycles. The number of thiophene rings is 1. The van der Waals surface area contributed by atoms with Gasteiger partial charge >= 0.3 is 0 Å². The molecule has 0 aliphatic heterocycles. The monoisotopic (exact) mass is 291 g/mol. The third-order valence-electron chi connectivity index (χ3n) is 3.83. The molecule has 0 saturated heterocycles. The molecule has 2 N–H and O–H groups in total. The number of nitrogens with one attached hydrogen (secondary N) is 1. The van der Waals surface area contributed by atoms with Crippen LogP contribution >= 0.6 is 11.3 Å². The van der Waals surface area contributed by atoms with Crippen LogP contribution < -0.4 is 5.32 Å². The van der Waals surface area contributed by atoms with Gasteiger partial charge in [0.15, 0.2) is 0 Å². The van der Waals surface area contributed by atoms with Crippen LogP contribution in [0, 0.1) is 17.3 Å². The van der Waals surface area contributed by atoms with E-state index in [2.05, 4.69) is 31.0 Å². The summed E-state index contributed by atoms with van der Waals surface area (Å²) in [7, 11) is 0. The molecule has 1 saturated carbocycles. The zero-order valence-corrected chi connectivity index (χ0v) is 12.8. The zero-order chi connectivity index (χ0) is 14.6. The first kappa shape index (κ1) is 15.1. The molecule has 108 valence electrons. The lowest BCUT2D eigenvalue weighted by Crippen LogP contribution is -2.39. The molecule has 1 heterocycles. The van der Waals surface area contributed by atoms with Crippen LogP contribution in [0.25, 0.3) is 0 Å². The van der Waals surface area contributed by atoms with Crippen LogP contribution in [0.5, 0.6) is 0 Å². The van der Waals surface area contributed by atoms with E-state index in [0.717, 1.165) is 30.6 Å². The van der Waals surface area contributed by atoms with Gasteiger partial charge in [-0.2, -0.15) is 0 Å². The van der Waals surface area contributed by atoms with Crippen LogP contribution in [-0.2, 0) is 0 Å². The second-order valence-corrected chi connectivity index (χ2v) is 6.98. The van der Waals surface area contributed by atoms with Crippen molar-refractivity contribution in [3.05, 3.63) is 21.9 Å². The van der Waals surface area contributed by atoms with Gasteiger partial charge in [-0.05, 0) is 37.2 Å². The Labute approximate surface area is 124 Å². The van der Waals surface area contributed by atoms with Crippen molar-refractivity contribution in [2.24, 2.45) is 5.41 Å². The van der Waals surface area contributed by atoms with E-state index < -0.39 is 0 Å². The molecular formula is C16H21NO2S. The van der Waals surface area contributed by atoms with Crippen molar-refractivity contribution >= 4 is 17.2 Å². The summed E-state index contributed by atoms with van der Waals surface area (Å²) in [6.07, 6.45) is 4.43. The summed E-state index contributed by atoms with van der Waals surface area (Å²) in [4.78, 5) is 13.0. The van der Waals surface area contributed by atoms with E-state index in [1.165, 1.54) is 11.3 Å². The lowest BCUT2D eigenvalue weighted by molar-refractivity contribution is 0.0909. The highest BCUT2D eigenvalue weighted by Gasteiger charge is 2.27. The molecule has 0 spiro atoms. The number of hydrogen-bond donors (Lipinski definition) is 2. The third-order valence-corrected chi connectivity index (χ3v) is 4.67. The van der Waals surface area contributed by atoms with Crippen LogP contribution in [0.2, 0.25) is 0 Å². The molecule has 1 aliphatic rings. The Hall–Kier alpha value is -1.31. The predicted octanol–water partition coefficient (Wildman–Crippen LogP) is 2.79. The topological polar surface area (TPSA) is 49.3 Å². The van der Waals surface area contributed by atoms with E-state index in [1.54, 1.807) is 6.07 Å². The molecule has 1 aromatic rings. The highest BCUT2D eigenvalue weighted by Crippen LogP contribution is 2.35. The fourth-order valence-electron chi connectivity index (χ4n) is 2.46. The summed E-state index contributed by atoms with van der Waals surface area (Å²) >= 11 is 1.43. The first-order chi connectivity index (χ1) is 9.50. The number of carbonyl (C=O) groups is 1. The molecule has 20 heavy (non-hydrogen) atoms. The summed E-state index contributed by atoms with van der Waals surface area (Å²) < 4.78 is 0. The van der Waals surface area contributed by atoms with E-state index in [1.807, 2.05) is 5.38 Å². The largest absolute Gasteiger partial charge is 0.384 e. The minimum absolute atomic E-state index is 0.0111. The maximum absolute atomic E-state index is 12.2. The number of amides is 1.